The van der Waals surface area contributed by atoms with Crippen LogP contribution in [0.15, 0.2) is 11.4 Å². The molecule has 1 aliphatic rings. The zero-order valence-corrected chi connectivity index (χ0v) is 11.2. The molecule has 1 heterocycles. The number of hydrogen-bond acceptors (Lipinski definition) is 2. The molecule has 0 fully saturated rings. The van der Waals surface area contributed by atoms with Crippen molar-refractivity contribution < 1.29 is 0 Å². The van der Waals surface area contributed by atoms with Gasteiger partial charge in [0.25, 0.3) is 0 Å². The Morgan fingerprint density at radius 1 is 1.56 bits per heavy atom. The number of rotatable bonds is 2. The lowest BCUT2D eigenvalue weighted by atomic mass is 10.1. The van der Waals surface area contributed by atoms with Crippen LogP contribution in [0.25, 0.3) is 0 Å². The summed E-state index contributed by atoms with van der Waals surface area (Å²) < 4.78 is 0. The van der Waals surface area contributed by atoms with Gasteiger partial charge in [0, 0.05) is 11.4 Å². The summed E-state index contributed by atoms with van der Waals surface area (Å²) >= 11 is 7.14. The Balaban J connectivity index is 2.07. The van der Waals surface area contributed by atoms with E-state index in [0.29, 0.717) is 6.04 Å². The summed E-state index contributed by atoms with van der Waals surface area (Å²) in [6.07, 6.45) is 5.02. The number of aryl methyl sites for hydroxylation is 1. The summed E-state index contributed by atoms with van der Waals surface area (Å²) in [5.41, 5.74) is 1.46. The van der Waals surface area contributed by atoms with Gasteiger partial charge < -0.3 is 10.6 Å². The Hall–Kier alpha value is -0.610. The van der Waals surface area contributed by atoms with Crippen LogP contribution < -0.4 is 10.6 Å². The van der Waals surface area contributed by atoms with Crippen LogP contribution in [-0.2, 0) is 6.42 Å². The maximum atomic E-state index is 5.26. The summed E-state index contributed by atoms with van der Waals surface area (Å²) in [5, 5.41) is 9.57. The van der Waals surface area contributed by atoms with Gasteiger partial charge in [-0.05, 0) is 55.4 Å². The van der Waals surface area contributed by atoms with Crippen LogP contribution in [0.5, 0.6) is 0 Å². The molecule has 2 nitrogen and oxygen atoms in total. The van der Waals surface area contributed by atoms with Gasteiger partial charge in [-0.2, -0.15) is 0 Å². The Morgan fingerprint density at radius 2 is 2.44 bits per heavy atom. The van der Waals surface area contributed by atoms with Crippen LogP contribution in [-0.4, -0.2) is 11.7 Å². The van der Waals surface area contributed by atoms with E-state index >= 15 is 0 Å². The van der Waals surface area contributed by atoms with Gasteiger partial charge in [0.15, 0.2) is 5.11 Å². The zero-order chi connectivity index (χ0) is 11.4. The molecule has 0 amide bonds. The van der Waals surface area contributed by atoms with Gasteiger partial charge >= 0.3 is 0 Å². The molecule has 1 atom stereocenters. The average molecular weight is 254 g/mol. The molecular weight excluding hydrogens is 236 g/mol. The second kappa shape index (κ2) is 5.64. The first-order valence-corrected chi connectivity index (χ1v) is 7.20. The van der Waals surface area contributed by atoms with E-state index in [1.54, 1.807) is 0 Å². The lowest BCUT2D eigenvalue weighted by Crippen LogP contribution is -2.37. The van der Waals surface area contributed by atoms with Crippen LogP contribution in [0.3, 0.4) is 0 Å². The molecule has 0 aromatic carbocycles. The van der Waals surface area contributed by atoms with Gasteiger partial charge in [0.05, 0.1) is 6.04 Å². The number of fused-ring (bicyclic) bond motifs is 1. The van der Waals surface area contributed by atoms with Crippen LogP contribution in [0, 0.1) is 0 Å². The van der Waals surface area contributed by atoms with Crippen LogP contribution in [0.1, 0.15) is 42.7 Å². The fourth-order valence-electron chi connectivity index (χ4n) is 2.17. The highest BCUT2D eigenvalue weighted by Gasteiger charge is 2.19. The van der Waals surface area contributed by atoms with Gasteiger partial charge in [-0.25, -0.2) is 0 Å². The Morgan fingerprint density at radius 3 is 3.25 bits per heavy atom. The van der Waals surface area contributed by atoms with Gasteiger partial charge in [-0.1, -0.05) is 6.42 Å². The molecule has 0 bridgehead atoms. The largest absolute Gasteiger partial charge is 0.363 e. The van der Waals surface area contributed by atoms with Crippen LogP contribution in [0.2, 0.25) is 0 Å². The minimum atomic E-state index is 0.412. The molecule has 1 aliphatic carbocycles. The predicted octanol–water partition coefficient (Wildman–Crippen LogP) is 3.00. The SMILES string of the molecule is CCNC(=S)NC1CCCCc2sccc21. The lowest BCUT2D eigenvalue weighted by Gasteiger charge is -2.19. The number of thiocarbonyl (C=S) groups is 1. The molecule has 0 spiro atoms. The highest BCUT2D eigenvalue weighted by atomic mass is 32.1. The van der Waals surface area contributed by atoms with E-state index < -0.39 is 0 Å². The third-order valence-electron chi connectivity index (χ3n) is 2.94. The van der Waals surface area contributed by atoms with E-state index in [4.69, 9.17) is 12.2 Å². The van der Waals surface area contributed by atoms with Gasteiger partial charge in [-0.3, -0.25) is 0 Å². The molecule has 1 aromatic heterocycles. The normalized spacial score (nSPS) is 19.7. The lowest BCUT2D eigenvalue weighted by molar-refractivity contribution is 0.564. The molecule has 1 unspecified atom stereocenters. The molecule has 16 heavy (non-hydrogen) atoms. The maximum absolute atomic E-state index is 5.26. The first kappa shape index (κ1) is 11.9. The van der Waals surface area contributed by atoms with Gasteiger partial charge in [0.1, 0.15) is 0 Å². The summed E-state index contributed by atoms with van der Waals surface area (Å²) in [6, 6.07) is 2.66. The van der Waals surface area contributed by atoms with E-state index in [2.05, 4.69) is 29.0 Å². The van der Waals surface area contributed by atoms with E-state index in [0.717, 1.165) is 11.7 Å². The van der Waals surface area contributed by atoms with Crippen LogP contribution >= 0.6 is 23.6 Å². The fraction of sp³-hybridized carbons (Fsp3) is 0.583. The molecule has 88 valence electrons. The standard InChI is InChI=1S/C12H18N2S2/c1-2-13-12(15)14-10-5-3-4-6-11-9(10)7-8-16-11/h7-8,10H,2-6H2,1H3,(H2,13,14,15). The first-order chi connectivity index (χ1) is 7.81. The van der Waals surface area contributed by atoms with E-state index in [-0.39, 0.29) is 0 Å². The van der Waals surface area contributed by atoms with Crippen molar-refractivity contribution in [2.24, 2.45) is 0 Å². The summed E-state index contributed by atoms with van der Waals surface area (Å²) in [5.74, 6) is 0. The van der Waals surface area contributed by atoms with Gasteiger partial charge in [0.2, 0.25) is 0 Å². The first-order valence-electron chi connectivity index (χ1n) is 5.92. The minimum absolute atomic E-state index is 0.412. The topological polar surface area (TPSA) is 24.1 Å². The fourth-order valence-corrected chi connectivity index (χ4v) is 3.45. The third-order valence-corrected chi connectivity index (χ3v) is 4.20. The van der Waals surface area contributed by atoms with Crippen molar-refractivity contribution in [2.75, 3.05) is 6.54 Å². The van der Waals surface area contributed by atoms with E-state index in [1.165, 1.54) is 36.1 Å². The molecule has 4 heteroatoms. The summed E-state index contributed by atoms with van der Waals surface area (Å²) in [7, 11) is 0. The molecule has 0 aliphatic heterocycles. The highest BCUT2D eigenvalue weighted by molar-refractivity contribution is 7.80. The monoisotopic (exact) mass is 254 g/mol. The van der Waals surface area contributed by atoms with Crippen molar-refractivity contribution in [1.82, 2.24) is 10.6 Å². The summed E-state index contributed by atoms with van der Waals surface area (Å²) in [6.45, 7) is 2.95. The molecular formula is C12H18N2S2. The molecule has 0 saturated heterocycles. The van der Waals surface area contributed by atoms with Crippen molar-refractivity contribution in [3.8, 4) is 0 Å². The van der Waals surface area contributed by atoms with Crippen molar-refractivity contribution in [3.63, 3.8) is 0 Å². The minimum Gasteiger partial charge on any atom is -0.363 e. The van der Waals surface area contributed by atoms with Crippen molar-refractivity contribution >= 4 is 28.7 Å². The number of nitrogens with one attached hydrogen (secondary N) is 2. The Kier molecular flexibility index (Phi) is 4.18. The van der Waals surface area contributed by atoms with Crippen molar-refractivity contribution in [1.29, 1.82) is 0 Å². The number of thiophene rings is 1. The third kappa shape index (κ3) is 2.74. The van der Waals surface area contributed by atoms with Crippen molar-refractivity contribution in [3.05, 3.63) is 21.9 Å². The number of hydrogen-bond donors (Lipinski definition) is 2. The summed E-state index contributed by atoms with van der Waals surface area (Å²) in [4.78, 5) is 1.54. The Bertz CT molecular complexity index is 360. The second-order valence-electron chi connectivity index (χ2n) is 4.10. The smallest absolute Gasteiger partial charge is 0.166 e. The highest BCUT2D eigenvalue weighted by Crippen LogP contribution is 2.31. The molecule has 2 N–H and O–H groups in total. The average Bonchev–Trinajstić information content (AvgIpc) is 2.64. The maximum Gasteiger partial charge on any atom is 0.166 e. The van der Waals surface area contributed by atoms with Crippen molar-refractivity contribution in [2.45, 2.75) is 38.6 Å². The van der Waals surface area contributed by atoms with Gasteiger partial charge in [-0.15, -0.1) is 11.3 Å². The predicted molar refractivity (Wildman–Crippen MR) is 74.0 cm³/mol. The molecule has 0 saturated carbocycles. The molecule has 1 aromatic rings. The van der Waals surface area contributed by atoms with Crippen LogP contribution in [0.4, 0.5) is 0 Å². The van der Waals surface area contributed by atoms with E-state index in [9.17, 15) is 0 Å². The Labute approximate surface area is 106 Å². The molecule has 2 rings (SSSR count). The zero-order valence-electron chi connectivity index (χ0n) is 9.58. The van der Waals surface area contributed by atoms with E-state index in [1.807, 2.05) is 11.3 Å². The second-order valence-corrected chi connectivity index (χ2v) is 5.51. The quantitative estimate of drug-likeness (QED) is 0.627. The molecule has 0 radical (unpaired) electrons.